The van der Waals surface area contributed by atoms with E-state index >= 15 is 0 Å². The summed E-state index contributed by atoms with van der Waals surface area (Å²) in [4.78, 5) is 2.48. The van der Waals surface area contributed by atoms with Crippen molar-refractivity contribution in [2.24, 2.45) is 13.0 Å². The summed E-state index contributed by atoms with van der Waals surface area (Å²) in [6, 6.07) is 7.04. The summed E-state index contributed by atoms with van der Waals surface area (Å²) in [5.41, 5.74) is 3.89. The normalized spacial score (nSPS) is 30.6. The highest BCUT2D eigenvalue weighted by Gasteiger charge is 2.51. The first kappa shape index (κ1) is 15.2. The van der Waals surface area contributed by atoms with Gasteiger partial charge < -0.3 is 14.0 Å². The average molecular weight is 314 g/mol. The number of hydrogen-bond acceptors (Lipinski definition) is 3. The highest BCUT2D eigenvalue weighted by Crippen LogP contribution is 2.49. The molecule has 0 amide bonds. The zero-order valence-electron chi connectivity index (χ0n) is 14.5. The van der Waals surface area contributed by atoms with Crippen LogP contribution in [0, 0.1) is 5.92 Å². The Morgan fingerprint density at radius 3 is 2.83 bits per heavy atom. The fraction of sp³-hybridized carbons (Fsp3) is 0.579. The van der Waals surface area contributed by atoms with Gasteiger partial charge in [0, 0.05) is 51.0 Å². The molecule has 0 spiro atoms. The molecule has 4 nitrogen and oxygen atoms in total. The Bertz CT molecular complexity index is 738. The van der Waals surface area contributed by atoms with Crippen LogP contribution in [0.2, 0.25) is 0 Å². The van der Waals surface area contributed by atoms with Gasteiger partial charge in [-0.3, -0.25) is 4.90 Å². The Morgan fingerprint density at radius 2 is 2.09 bits per heavy atom. The van der Waals surface area contributed by atoms with E-state index in [1.165, 1.54) is 22.0 Å². The molecular formula is C19H26N2O2. The number of aryl methyl sites for hydroxylation is 1. The molecule has 0 radical (unpaired) electrons. The fourth-order valence-corrected chi connectivity index (χ4v) is 5.06. The summed E-state index contributed by atoms with van der Waals surface area (Å²) in [5.74, 6) is 0.502. The third-order valence-corrected chi connectivity index (χ3v) is 5.94. The van der Waals surface area contributed by atoms with Crippen LogP contribution in [0.25, 0.3) is 10.9 Å². The first-order chi connectivity index (χ1) is 11.1. The van der Waals surface area contributed by atoms with Crippen LogP contribution in [0.3, 0.4) is 0 Å². The second-order valence-corrected chi connectivity index (χ2v) is 7.24. The highest BCUT2D eigenvalue weighted by molar-refractivity contribution is 5.89. The maximum Gasteiger partial charge on any atom is 0.110 e. The second-order valence-electron chi connectivity index (χ2n) is 7.24. The van der Waals surface area contributed by atoms with Crippen LogP contribution in [-0.4, -0.2) is 49.9 Å². The summed E-state index contributed by atoms with van der Waals surface area (Å²) in [6.45, 7) is 1.86. The topological polar surface area (TPSA) is 26.6 Å². The maximum atomic E-state index is 6.28. The Morgan fingerprint density at radius 1 is 1.26 bits per heavy atom. The largest absolute Gasteiger partial charge is 0.384 e. The van der Waals surface area contributed by atoms with E-state index in [0.29, 0.717) is 12.0 Å². The summed E-state index contributed by atoms with van der Waals surface area (Å²) in [6.07, 6.45) is 4.38. The van der Waals surface area contributed by atoms with Gasteiger partial charge in [-0.2, -0.15) is 0 Å². The van der Waals surface area contributed by atoms with Crippen LogP contribution in [0.15, 0.2) is 24.4 Å². The van der Waals surface area contributed by atoms with Crippen molar-refractivity contribution in [3.05, 3.63) is 35.5 Å². The van der Waals surface area contributed by atoms with Gasteiger partial charge in [0.05, 0.1) is 6.61 Å². The van der Waals surface area contributed by atoms with Crippen LogP contribution >= 0.6 is 0 Å². The molecule has 124 valence electrons. The first-order valence-electron chi connectivity index (χ1n) is 8.42. The number of fused-ring (bicyclic) bond motifs is 2. The van der Waals surface area contributed by atoms with E-state index in [1.807, 2.05) is 7.11 Å². The van der Waals surface area contributed by atoms with Crippen LogP contribution < -0.4 is 0 Å². The second kappa shape index (κ2) is 5.33. The van der Waals surface area contributed by atoms with Crippen molar-refractivity contribution in [2.75, 3.05) is 34.4 Å². The Labute approximate surface area is 138 Å². The minimum Gasteiger partial charge on any atom is -0.384 e. The minimum atomic E-state index is -0.232. The molecule has 0 N–H and O–H groups in total. The van der Waals surface area contributed by atoms with Crippen molar-refractivity contribution in [3.63, 3.8) is 0 Å². The molecule has 1 aromatic carbocycles. The van der Waals surface area contributed by atoms with Gasteiger partial charge in [0.25, 0.3) is 0 Å². The van der Waals surface area contributed by atoms with Gasteiger partial charge in [0.15, 0.2) is 0 Å². The van der Waals surface area contributed by atoms with E-state index in [2.05, 4.69) is 48.0 Å². The molecule has 1 unspecified atom stereocenters. The van der Waals surface area contributed by atoms with E-state index in [1.54, 1.807) is 7.11 Å². The van der Waals surface area contributed by atoms with Crippen molar-refractivity contribution in [3.8, 4) is 0 Å². The van der Waals surface area contributed by atoms with Crippen molar-refractivity contribution in [2.45, 2.75) is 24.5 Å². The van der Waals surface area contributed by atoms with Gasteiger partial charge >= 0.3 is 0 Å². The molecule has 3 atom stereocenters. The zero-order chi connectivity index (χ0) is 16.2. The molecule has 0 bridgehead atoms. The highest BCUT2D eigenvalue weighted by atomic mass is 16.5. The van der Waals surface area contributed by atoms with E-state index in [0.717, 1.165) is 26.0 Å². The predicted molar refractivity (Wildman–Crippen MR) is 91.7 cm³/mol. The van der Waals surface area contributed by atoms with Gasteiger partial charge in [-0.1, -0.05) is 12.1 Å². The third kappa shape index (κ3) is 2.02. The van der Waals surface area contributed by atoms with Gasteiger partial charge in [-0.25, -0.2) is 0 Å². The molecule has 1 aliphatic carbocycles. The summed E-state index contributed by atoms with van der Waals surface area (Å²) in [5, 5.41) is 1.40. The van der Waals surface area contributed by atoms with Crippen molar-refractivity contribution < 1.29 is 9.47 Å². The lowest BCUT2D eigenvalue weighted by Gasteiger charge is -2.53. The Balaban J connectivity index is 1.92. The number of piperidine rings is 1. The van der Waals surface area contributed by atoms with Crippen LogP contribution in [0.1, 0.15) is 17.5 Å². The monoisotopic (exact) mass is 314 g/mol. The van der Waals surface area contributed by atoms with Gasteiger partial charge in [0.1, 0.15) is 5.60 Å². The minimum absolute atomic E-state index is 0.232. The van der Waals surface area contributed by atoms with E-state index in [9.17, 15) is 0 Å². The fourth-order valence-electron chi connectivity index (χ4n) is 5.06. The molecular weight excluding hydrogens is 288 g/mol. The van der Waals surface area contributed by atoms with Gasteiger partial charge in [-0.05, 0) is 43.0 Å². The maximum absolute atomic E-state index is 6.28. The number of benzene rings is 1. The van der Waals surface area contributed by atoms with Gasteiger partial charge in [0.2, 0.25) is 0 Å². The number of aromatic nitrogens is 1. The number of ether oxygens (including phenoxy) is 2. The zero-order valence-corrected chi connectivity index (χ0v) is 14.5. The smallest absolute Gasteiger partial charge is 0.110 e. The quantitative estimate of drug-likeness (QED) is 0.871. The lowest BCUT2D eigenvalue weighted by atomic mass is 9.69. The standard InChI is InChI=1S/C19H26N2O2/c1-20-11-14-8-17-19(23-4,9-13(12-22-3)10-21(17)2)15-6-5-7-16(20)18(14)15/h5-7,11,13,17H,8-10,12H2,1-4H3/t13?,17-,19+/m1/s1. The van der Waals surface area contributed by atoms with E-state index in [-0.39, 0.29) is 5.60 Å². The molecule has 1 saturated heterocycles. The van der Waals surface area contributed by atoms with Crippen molar-refractivity contribution in [1.82, 2.24) is 9.47 Å². The molecule has 2 aromatic rings. The molecule has 4 heteroatoms. The van der Waals surface area contributed by atoms with Crippen LogP contribution in [0.4, 0.5) is 0 Å². The lowest BCUT2D eigenvalue weighted by molar-refractivity contribution is -0.132. The number of likely N-dealkylation sites (N-methyl/N-ethyl adjacent to an activating group) is 1. The van der Waals surface area contributed by atoms with E-state index in [4.69, 9.17) is 9.47 Å². The number of nitrogens with zero attached hydrogens (tertiary/aromatic N) is 2. The molecule has 2 aliphatic rings. The Hall–Kier alpha value is -1.36. The van der Waals surface area contributed by atoms with Crippen LogP contribution in [0.5, 0.6) is 0 Å². The lowest BCUT2D eigenvalue weighted by Crippen LogP contribution is -2.59. The molecule has 1 aliphatic heterocycles. The number of hydrogen-bond donors (Lipinski definition) is 0. The number of likely N-dealkylation sites (tertiary alicyclic amines) is 1. The summed E-state index contributed by atoms with van der Waals surface area (Å²) >= 11 is 0. The van der Waals surface area contributed by atoms with Gasteiger partial charge in [-0.15, -0.1) is 0 Å². The third-order valence-electron chi connectivity index (χ3n) is 5.94. The van der Waals surface area contributed by atoms with Crippen LogP contribution in [-0.2, 0) is 28.5 Å². The predicted octanol–water partition coefficient (Wildman–Crippen LogP) is 2.54. The first-order valence-corrected chi connectivity index (χ1v) is 8.42. The summed E-state index contributed by atoms with van der Waals surface area (Å²) in [7, 11) is 8.04. The molecule has 4 rings (SSSR count). The van der Waals surface area contributed by atoms with Crippen molar-refractivity contribution >= 4 is 10.9 Å². The SMILES string of the molecule is COCC1CN(C)[C@@H]2Cc3cn(C)c4cccc(c34)[C@@]2(OC)C1. The molecule has 0 saturated carbocycles. The Kier molecular flexibility index (Phi) is 3.52. The number of methoxy groups -OCH3 is 2. The van der Waals surface area contributed by atoms with Crippen molar-refractivity contribution in [1.29, 1.82) is 0 Å². The summed E-state index contributed by atoms with van der Waals surface area (Å²) < 4.78 is 14.0. The van der Waals surface area contributed by atoms with E-state index < -0.39 is 0 Å². The molecule has 2 heterocycles. The molecule has 1 aromatic heterocycles. The number of rotatable bonds is 3. The average Bonchev–Trinajstić information content (AvgIpc) is 2.87. The molecule has 23 heavy (non-hydrogen) atoms. The molecule has 1 fully saturated rings.